The third-order valence-electron chi connectivity index (χ3n) is 1.30. The number of carbonyl (C=O) groups is 2. The van der Waals surface area contributed by atoms with Gasteiger partial charge in [0.15, 0.2) is 0 Å². The number of phosphoric ester groups is 1. The van der Waals surface area contributed by atoms with E-state index in [4.69, 9.17) is 14.9 Å². The average Bonchev–Trinajstić information content (AvgIpc) is 2.01. The van der Waals surface area contributed by atoms with Gasteiger partial charge < -0.3 is 14.9 Å². The zero-order valence-electron chi connectivity index (χ0n) is 7.25. The predicted octanol–water partition coefficient (Wildman–Crippen LogP) is -0.0803. The second-order valence-electron chi connectivity index (χ2n) is 2.51. The molecule has 3 N–H and O–H groups in total. The van der Waals surface area contributed by atoms with Crippen LogP contribution in [0.2, 0.25) is 0 Å². The third-order valence-corrected chi connectivity index (χ3v) is 1.82. The van der Waals surface area contributed by atoms with Crippen LogP contribution in [0.5, 0.6) is 0 Å². The second-order valence-corrected chi connectivity index (χ2v) is 3.75. The molecule has 0 rings (SSSR count). The van der Waals surface area contributed by atoms with Crippen LogP contribution in [-0.4, -0.2) is 33.3 Å². The van der Waals surface area contributed by atoms with Crippen molar-refractivity contribution in [3.8, 4) is 0 Å². The van der Waals surface area contributed by atoms with Crippen LogP contribution in [0.1, 0.15) is 19.3 Å². The highest BCUT2D eigenvalue weighted by atomic mass is 31.2. The number of aliphatic carboxylic acids is 1. The van der Waals surface area contributed by atoms with E-state index < -0.39 is 19.6 Å². The molecule has 0 aliphatic rings. The van der Waals surface area contributed by atoms with E-state index in [9.17, 15) is 14.2 Å². The molecule has 0 atom stereocenters. The summed E-state index contributed by atoms with van der Waals surface area (Å²) in [6, 6.07) is 0. The minimum Gasteiger partial charge on any atom is -0.476 e. The molecule has 0 radical (unpaired) electrons. The Morgan fingerprint density at radius 1 is 1.21 bits per heavy atom. The molecule has 0 aromatic carbocycles. The number of unbranched alkanes of at least 4 members (excludes halogenated alkanes) is 1. The minimum atomic E-state index is -4.45. The van der Waals surface area contributed by atoms with Gasteiger partial charge in [0.25, 0.3) is 0 Å². The molecule has 0 saturated carbocycles. The Bertz CT molecular complexity index is 255. The van der Waals surface area contributed by atoms with Crippen LogP contribution in [0, 0.1) is 0 Å². The fourth-order valence-corrected chi connectivity index (χ4v) is 1.04. The van der Waals surface area contributed by atoms with Gasteiger partial charge in [0.2, 0.25) is 5.78 Å². The lowest BCUT2D eigenvalue weighted by Crippen LogP contribution is -2.11. The molecule has 7 nitrogen and oxygen atoms in total. The number of carboxylic acids is 1. The zero-order chi connectivity index (χ0) is 11.2. The molecule has 0 aliphatic carbocycles. The van der Waals surface area contributed by atoms with Crippen molar-refractivity contribution < 1.29 is 33.6 Å². The number of rotatable bonds is 7. The summed E-state index contributed by atoms with van der Waals surface area (Å²) in [5.41, 5.74) is 0. The Balaban J connectivity index is 3.44. The fraction of sp³-hybridized carbons (Fsp3) is 0.667. The summed E-state index contributed by atoms with van der Waals surface area (Å²) in [6.07, 6.45) is 0.301. The van der Waals surface area contributed by atoms with E-state index in [1.54, 1.807) is 0 Å². The number of phosphoric acid groups is 1. The first-order chi connectivity index (χ1) is 6.33. The summed E-state index contributed by atoms with van der Waals surface area (Å²) in [5.74, 6) is -2.41. The van der Waals surface area contributed by atoms with Gasteiger partial charge in [-0.2, -0.15) is 0 Å². The van der Waals surface area contributed by atoms with Crippen LogP contribution in [0.4, 0.5) is 0 Å². The number of ketones is 1. The summed E-state index contributed by atoms with van der Waals surface area (Å²) in [4.78, 5) is 37.0. The van der Waals surface area contributed by atoms with Gasteiger partial charge in [-0.25, -0.2) is 9.36 Å². The van der Waals surface area contributed by atoms with Gasteiger partial charge in [-0.15, -0.1) is 0 Å². The highest BCUT2D eigenvalue weighted by Gasteiger charge is 2.14. The van der Waals surface area contributed by atoms with Crippen molar-refractivity contribution in [3.05, 3.63) is 0 Å². The van der Waals surface area contributed by atoms with Gasteiger partial charge in [0.05, 0.1) is 6.61 Å². The number of carboxylic acid groups (broad SMARTS) is 1. The van der Waals surface area contributed by atoms with Gasteiger partial charge in [0.1, 0.15) is 0 Å². The molecule has 0 bridgehead atoms. The van der Waals surface area contributed by atoms with E-state index in [2.05, 4.69) is 4.52 Å². The molecule has 0 spiro atoms. The summed E-state index contributed by atoms with van der Waals surface area (Å²) >= 11 is 0. The van der Waals surface area contributed by atoms with Gasteiger partial charge in [-0.3, -0.25) is 9.32 Å². The lowest BCUT2D eigenvalue weighted by Gasteiger charge is -2.03. The second kappa shape index (κ2) is 5.87. The smallest absolute Gasteiger partial charge is 0.469 e. The summed E-state index contributed by atoms with van der Waals surface area (Å²) in [7, 11) is -4.45. The lowest BCUT2D eigenvalue weighted by atomic mass is 10.2. The van der Waals surface area contributed by atoms with E-state index in [1.807, 2.05) is 0 Å². The standard InChI is InChI=1S/C6H11O7P/c7-5(6(8)9)3-1-2-4-13-14(10,11)12/h1-4H2,(H,8,9)(H2,10,11,12). The Hall–Kier alpha value is -0.750. The molecule has 0 unspecified atom stereocenters. The van der Waals surface area contributed by atoms with Gasteiger partial charge in [0, 0.05) is 6.42 Å². The van der Waals surface area contributed by atoms with Crippen LogP contribution >= 0.6 is 7.82 Å². The molecule has 14 heavy (non-hydrogen) atoms. The first-order valence-electron chi connectivity index (χ1n) is 3.79. The normalized spacial score (nSPS) is 11.3. The van der Waals surface area contributed by atoms with Gasteiger partial charge >= 0.3 is 13.8 Å². The Morgan fingerprint density at radius 2 is 1.79 bits per heavy atom. The van der Waals surface area contributed by atoms with Crippen LogP contribution in [0.3, 0.4) is 0 Å². The van der Waals surface area contributed by atoms with E-state index in [-0.39, 0.29) is 25.9 Å². The first kappa shape index (κ1) is 13.2. The number of hydrogen-bond donors (Lipinski definition) is 3. The largest absolute Gasteiger partial charge is 0.476 e. The predicted molar refractivity (Wildman–Crippen MR) is 44.5 cm³/mol. The lowest BCUT2D eigenvalue weighted by molar-refractivity contribution is -0.149. The fourth-order valence-electron chi connectivity index (χ4n) is 0.678. The molecule has 0 saturated heterocycles. The molecular weight excluding hydrogens is 215 g/mol. The minimum absolute atomic E-state index is 0.153. The summed E-state index contributed by atoms with van der Waals surface area (Å²) in [6.45, 7) is -0.197. The molecule has 8 heteroatoms. The summed E-state index contributed by atoms with van der Waals surface area (Å²) in [5, 5.41) is 8.16. The van der Waals surface area contributed by atoms with Crippen molar-refractivity contribution in [1.82, 2.24) is 0 Å². The van der Waals surface area contributed by atoms with E-state index in [0.29, 0.717) is 0 Å². The molecule has 0 aromatic rings. The topological polar surface area (TPSA) is 121 Å². The van der Waals surface area contributed by atoms with Gasteiger partial charge in [-0.05, 0) is 12.8 Å². The first-order valence-corrected chi connectivity index (χ1v) is 5.32. The third kappa shape index (κ3) is 7.88. The van der Waals surface area contributed by atoms with Crippen LogP contribution < -0.4 is 0 Å². The van der Waals surface area contributed by atoms with Crippen LogP contribution in [-0.2, 0) is 18.7 Å². The van der Waals surface area contributed by atoms with Crippen molar-refractivity contribution in [2.75, 3.05) is 6.61 Å². The maximum Gasteiger partial charge on any atom is 0.469 e. The maximum atomic E-state index is 10.5. The van der Waals surface area contributed by atoms with E-state index in [0.717, 1.165) is 0 Å². The molecule has 0 fully saturated rings. The van der Waals surface area contributed by atoms with Crippen LogP contribution in [0.25, 0.3) is 0 Å². The number of hydrogen-bond acceptors (Lipinski definition) is 4. The molecule has 0 heterocycles. The van der Waals surface area contributed by atoms with E-state index in [1.165, 1.54) is 0 Å². The van der Waals surface area contributed by atoms with Crippen molar-refractivity contribution in [1.29, 1.82) is 0 Å². The maximum absolute atomic E-state index is 10.5. The highest BCUT2D eigenvalue weighted by molar-refractivity contribution is 7.46. The summed E-state index contributed by atoms with van der Waals surface area (Å²) < 4.78 is 14.2. The zero-order valence-corrected chi connectivity index (χ0v) is 8.14. The monoisotopic (exact) mass is 226 g/mol. The molecule has 0 amide bonds. The van der Waals surface area contributed by atoms with Crippen molar-refractivity contribution in [2.24, 2.45) is 0 Å². The quantitative estimate of drug-likeness (QED) is 0.315. The Kier molecular flexibility index (Phi) is 5.56. The van der Waals surface area contributed by atoms with Gasteiger partial charge in [-0.1, -0.05) is 0 Å². The van der Waals surface area contributed by atoms with Crippen molar-refractivity contribution in [2.45, 2.75) is 19.3 Å². The average molecular weight is 226 g/mol. The molecule has 0 aromatic heterocycles. The van der Waals surface area contributed by atoms with Crippen molar-refractivity contribution in [3.63, 3.8) is 0 Å². The SMILES string of the molecule is O=C(O)C(=O)CCCCOP(=O)(O)O. The highest BCUT2D eigenvalue weighted by Crippen LogP contribution is 2.35. The van der Waals surface area contributed by atoms with Crippen molar-refractivity contribution >= 4 is 19.6 Å². The number of Topliss-reactive ketones (excluding diaryl/α,β-unsaturated/α-hetero) is 1. The van der Waals surface area contributed by atoms with Crippen LogP contribution in [0.15, 0.2) is 0 Å². The number of carbonyl (C=O) groups excluding carboxylic acids is 1. The Morgan fingerprint density at radius 3 is 2.21 bits per heavy atom. The molecule has 82 valence electrons. The van der Waals surface area contributed by atoms with E-state index >= 15 is 0 Å². The molecular formula is C6H11O7P. The molecule has 0 aliphatic heterocycles. The Labute approximate surface area is 79.9 Å².